The van der Waals surface area contributed by atoms with Gasteiger partial charge in [-0.1, -0.05) is 15.9 Å². The van der Waals surface area contributed by atoms with Crippen molar-refractivity contribution in [3.8, 4) is 11.3 Å². The summed E-state index contributed by atoms with van der Waals surface area (Å²) in [5, 5.41) is 9.78. The number of carbonyl (C=O) groups is 1. The van der Waals surface area contributed by atoms with Crippen molar-refractivity contribution in [2.45, 2.75) is 6.92 Å². The third-order valence-corrected chi connectivity index (χ3v) is 2.69. The molecule has 0 aliphatic rings. The van der Waals surface area contributed by atoms with Crippen LogP contribution in [0, 0.1) is 5.82 Å². The van der Waals surface area contributed by atoms with Crippen LogP contribution in [0.1, 0.15) is 17.4 Å². The number of ether oxygens (including phenoxy) is 1. The Morgan fingerprint density at radius 1 is 1.50 bits per heavy atom. The summed E-state index contributed by atoms with van der Waals surface area (Å²) in [4.78, 5) is 11.6. The van der Waals surface area contributed by atoms with E-state index in [1.165, 1.54) is 12.1 Å². The van der Waals surface area contributed by atoms with Gasteiger partial charge < -0.3 is 4.74 Å². The number of esters is 1. The van der Waals surface area contributed by atoms with Gasteiger partial charge in [0.2, 0.25) is 0 Å². The van der Waals surface area contributed by atoms with Crippen molar-refractivity contribution in [1.82, 2.24) is 15.4 Å². The molecular formula is C11H9BrFN3O2. The van der Waals surface area contributed by atoms with Gasteiger partial charge in [0, 0.05) is 10.0 Å². The molecule has 0 amide bonds. The maximum absolute atomic E-state index is 13.7. The Morgan fingerprint density at radius 3 is 3.00 bits per heavy atom. The first-order chi connectivity index (χ1) is 8.63. The van der Waals surface area contributed by atoms with Gasteiger partial charge in [-0.15, -0.1) is 5.10 Å². The highest BCUT2D eigenvalue weighted by atomic mass is 79.9. The lowest BCUT2D eigenvalue weighted by Crippen LogP contribution is -2.07. The molecule has 7 heteroatoms. The zero-order valence-corrected chi connectivity index (χ0v) is 11.0. The zero-order valence-electron chi connectivity index (χ0n) is 9.41. The van der Waals surface area contributed by atoms with Crippen LogP contribution < -0.4 is 0 Å². The molecule has 5 nitrogen and oxygen atoms in total. The van der Waals surface area contributed by atoms with Crippen LogP contribution in [0.5, 0.6) is 0 Å². The molecule has 0 radical (unpaired) electrons. The number of aromatic nitrogens is 3. The molecule has 18 heavy (non-hydrogen) atoms. The summed E-state index contributed by atoms with van der Waals surface area (Å²) in [7, 11) is 0. The molecule has 0 saturated carbocycles. The molecule has 0 bridgehead atoms. The number of hydrogen-bond donors (Lipinski definition) is 1. The highest BCUT2D eigenvalue weighted by molar-refractivity contribution is 9.10. The van der Waals surface area contributed by atoms with Crippen LogP contribution >= 0.6 is 15.9 Å². The van der Waals surface area contributed by atoms with Crippen molar-refractivity contribution in [3.05, 3.63) is 34.2 Å². The minimum Gasteiger partial charge on any atom is -0.461 e. The average Bonchev–Trinajstić information content (AvgIpc) is 2.81. The van der Waals surface area contributed by atoms with Gasteiger partial charge in [-0.2, -0.15) is 10.3 Å². The van der Waals surface area contributed by atoms with Crippen molar-refractivity contribution in [3.63, 3.8) is 0 Å². The minimum atomic E-state index is -0.638. The van der Waals surface area contributed by atoms with E-state index in [0.29, 0.717) is 4.47 Å². The Bertz CT molecular complexity index is 585. The molecular weight excluding hydrogens is 305 g/mol. The Labute approximate surface area is 110 Å². The van der Waals surface area contributed by atoms with E-state index < -0.39 is 11.8 Å². The lowest BCUT2D eigenvalue weighted by Gasteiger charge is -2.03. The first kappa shape index (κ1) is 12.7. The Morgan fingerprint density at radius 2 is 2.28 bits per heavy atom. The van der Waals surface area contributed by atoms with E-state index in [0.717, 1.165) is 0 Å². The molecule has 1 heterocycles. The number of benzene rings is 1. The minimum absolute atomic E-state index is 0.0335. The maximum Gasteiger partial charge on any atom is 0.361 e. The predicted octanol–water partition coefficient (Wildman–Crippen LogP) is 2.55. The van der Waals surface area contributed by atoms with Gasteiger partial charge in [0.15, 0.2) is 5.69 Å². The smallest absolute Gasteiger partial charge is 0.361 e. The van der Waals surface area contributed by atoms with Gasteiger partial charge in [-0.05, 0) is 25.1 Å². The van der Waals surface area contributed by atoms with Crippen LogP contribution in [0.3, 0.4) is 0 Å². The molecule has 0 saturated heterocycles. The monoisotopic (exact) mass is 313 g/mol. The number of H-pyrrole nitrogens is 1. The third-order valence-electron chi connectivity index (χ3n) is 2.20. The predicted molar refractivity (Wildman–Crippen MR) is 65.4 cm³/mol. The zero-order chi connectivity index (χ0) is 13.1. The number of nitrogens with one attached hydrogen (secondary N) is 1. The van der Waals surface area contributed by atoms with Crippen LogP contribution in [-0.4, -0.2) is 28.0 Å². The molecule has 1 aromatic heterocycles. The second-order valence-corrected chi connectivity index (χ2v) is 4.28. The lowest BCUT2D eigenvalue weighted by molar-refractivity contribution is 0.0520. The standard InChI is InChI=1S/C11H9BrFN3O2/c1-2-18-11(17)10-9(14-16-15-10)7-5-6(12)3-4-8(7)13/h3-5H,2H2,1H3,(H,14,15,16). The topological polar surface area (TPSA) is 67.9 Å². The van der Waals surface area contributed by atoms with E-state index in [-0.39, 0.29) is 23.6 Å². The van der Waals surface area contributed by atoms with Gasteiger partial charge in [0.1, 0.15) is 11.5 Å². The molecule has 0 spiro atoms. The summed E-state index contributed by atoms with van der Waals surface area (Å²) in [6.07, 6.45) is 0. The molecule has 0 atom stereocenters. The Hall–Kier alpha value is -1.76. The van der Waals surface area contributed by atoms with E-state index in [2.05, 4.69) is 31.3 Å². The fourth-order valence-corrected chi connectivity index (χ4v) is 1.80. The van der Waals surface area contributed by atoms with Gasteiger partial charge >= 0.3 is 5.97 Å². The van der Waals surface area contributed by atoms with E-state index in [1.54, 1.807) is 13.0 Å². The van der Waals surface area contributed by atoms with Crippen LogP contribution in [0.2, 0.25) is 0 Å². The highest BCUT2D eigenvalue weighted by Crippen LogP contribution is 2.26. The molecule has 1 aromatic carbocycles. The number of carbonyl (C=O) groups excluding carboxylic acids is 1. The van der Waals surface area contributed by atoms with Crippen LogP contribution in [0.25, 0.3) is 11.3 Å². The lowest BCUT2D eigenvalue weighted by atomic mass is 10.1. The van der Waals surface area contributed by atoms with Crippen molar-refractivity contribution < 1.29 is 13.9 Å². The summed E-state index contributed by atoms with van der Waals surface area (Å²) < 4.78 is 19.2. The van der Waals surface area contributed by atoms with Gasteiger partial charge in [-0.25, -0.2) is 9.18 Å². The fourth-order valence-electron chi connectivity index (χ4n) is 1.44. The highest BCUT2D eigenvalue weighted by Gasteiger charge is 2.21. The number of hydrogen-bond acceptors (Lipinski definition) is 4. The van der Waals surface area contributed by atoms with Crippen molar-refractivity contribution in [2.75, 3.05) is 6.61 Å². The number of rotatable bonds is 3. The van der Waals surface area contributed by atoms with E-state index in [9.17, 15) is 9.18 Å². The summed E-state index contributed by atoms with van der Waals surface area (Å²) in [6.45, 7) is 1.89. The fraction of sp³-hybridized carbons (Fsp3) is 0.182. The van der Waals surface area contributed by atoms with Crippen molar-refractivity contribution >= 4 is 21.9 Å². The number of halogens is 2. The van der Waals surface area contributed by atoms with Crippen LogP contribution in [-0.2, 0) is 4.74 Å². The normalized spacial score (nSPS) is 10.4. The van der Waals surface area contributed by atoms with Gasteiger partial charge in [-0.3, -0.25) is 0 Å². The Kier molecular flexibility index (Phi) is 3.71. The van der Waals surface area contributed by atoms with Crippen molar-refractivity contribution in [1.29, 1.82) is 0 Å². The molecule has 94 valence electrons. The summed E-state index contributed by atoms with van der Waals surface area (Å²) in [5.41, 5.74) is 0.280. The van der Waals surface area contributed by atoms with Crippen LogP contribution in [0.15, 0.2) is 22.7 Å². The summed E-state index contributed by atoms with van der Waals surface area (Å²) in [5.74, 6) is -1.13. The molecule has 2 aromatic rings. The number of nitrogens with zero attached hydrogens (tertiary/aromatic N) is 2. The maximum atomic E-state index is 13.7. The Balaban J connectivity index is 2.48. The molecule has 0 aliphatic carbocycles. The summed E-state index contributed by atoms with van der Waals surface area (Å²) in [6, 6.07) is 4.36. The van der Waals surface area contributed by atoms with E-state index in [4.69, 9.17) is 4.74 Å². The quantitative estimate of drug-likeness (QED) is 0.884. The van der Waals surface area contributed by atoms with Crippen LogP contribution in [0.4, 0.5) is 4.39 Å². The average molecular weight is 314 g/mol. The van der Waals surface area contributed by atoms with E-state index in [1.807, 2.05) is 0 Å². The first-order valence-electron chi connectivity index (χ1n) is 5.16. The molecule has 2 rings (SSSR count). The van der Waals surface area contributed by atoms with Crippen molar-refractivity contribution in [2.24, 2.45) is 0 Å². The van der Waals surface area contributed by atoms with Gasteiger partial charge in [0.25, 0.3) is 0 Å². The SMILES string of the molecule is CCOC(=O)c1n[nH]nc1-c1cc(Br)ccc1F. The molecule has 1 N–H and O–H groups in total. The van der Waals surface area contributed by atoms with E-state index >= 15 is 0 Å². The number of aromatic amines is 1. The second kappa shape index (κ2) is 5.26. The third kappa shape index (κ3) is 2.40. The largest absolute Gasteiger partial charge is 0.461 e. The molecule has 0 aliphatic heterocycles. The molecule has 0 unspecified atom stereocenters. The molecule has 0 fully saturated rings. The summed E-state index contributed by atoms with van der Waals surface area (Å²) >= 11 is 3.23. The van der Waals surface area contributed by atoms with Gasteiger partial charge in [0.05, 0.1) is 6.61 Å². The first-order valence-corrected chi connectivity index (χ1v) is 5.96. The second-order valence-electron chi connectivity index (χ2n) is 3.37.